The van der Waals surface area contributed by atoms with Crippen LogP contribution in [0.1, 0.15) is 31.9 Å². The SMILES string of the molecule is COC(=O)CCN(C)c1nccn2nc(C(C)C)cc12. The van der Waals surface area contributed by atoms with E-state index < -0.39 is 0 Å². The molecule has 0 unspecified atom stereocenters. The fourth-order valence-corrected chi connectivity index (χ4v) is 1.97. The summed E-state index contributed by atoms with van der Waals surface area (Å²) in [6.45, 7) is 4.77. The third-order valence-electron chi connectivity index (χ3n) is 3.22. The lowest BCUT2D eigenvalue weighted by Gasteiger charge is -2.17. The number of esters is 1. The molecular formula is C14H20N4O2. The predicted octanol–water partition coefficient (Wildman–Crippen LogP) is 1.85. The first-order valence-electron chi connectivity index (χ1n) is 6.65. The van der Waals surface area contributed by atoms with Crippen molar-refractivity contribution >= 4 is 17.3 Å². The molecule has 0 aliphatic heterocycles. The topological polar surface area (TPSA) is 59.7 Å². The van der Waals surface area contributed by atoms with Crippen molar-refractivity contribution in [2.24, 2.45) is 0 Å². The van der Waals surface area contributed by atoms with Crippen LogP contribution in [0.3, 0.4) is 0 Å². The summed E-state index contributed by atoms with van der Waals surface area (Å²) in [6.07, 6.45) is 3.88. The van der Waals surface area contributed by atoms with E-state index in [9.17, 15) is 4.79 Å². The Hall–Kier alpha value is -2.11. The highest BCUT2D eigenvalue weighted by Gasteiger charge is 2.13. The van der Waals surface area contributed by atoms with Gasteiger partial charge in [0.05, 0.1) is 19.2 Å². The number of hydrogen-bond acceptors (Lipinski definition) is 5. The second kappa shape index (κ2) is 5.90. The molecule has 2 rings (SSSR count). The minimum atomic E-state index is -0.222. The highest BCUT2D eigenvalue weighted by atomic mass is 16.5. The van der Waals surface area contributed by atoms with Crippen molar-refractivity contribution in [2.75, 3.05) is 25.6 Å². The molecule has 0 radical (unpaired) electrons. The first-order chi connectivity index (χ1) is 9.52. The zero-order valence-corrected chi connectivity index (χ0v) is 12.3. The van der Waals surface area contributed by atoms with Gasteiger partial charge in [-0.15, -0.1) is 0 Å². The molecule has 20 heavy (non-hydrogen) atoms. The lowest BCUT2D eigenvalue weighted by Crippen LogP contribution is -2.23. The van der Waals surface area contributed by atoms with Crippen molar-refractivity contribution in [3.63, 3.8) is 0 Å². The minimum absolute atomic E-state index is 0.222. The second-order valence-corrected chi connectivity index (χ2v) is 5.05. The van der Waals surface area contributed by atoms with Gasteiger partial charge in [0, 0.05) is 26.0 Å². The molecule has 2 aromatic rings. The monoisotopic (exact) mass is 276 g/mol. The Morgan fingerprint density at radius 3 is 2.90 bits per heavy atom. The Labute approximate surface area is 118 Å². The summed E-state index contributed by atoms with van der Waals surface area (Å²) >= 11 is 0. The van der Waals surface area contributed by atoms with Gasteiger partial charge in [0.2, 0.25) is 0 Å². The number of aromatic nitrogens is 3. The van der Waals surface area contributed by atoms with E-state index in [1.54, 1.807) is 6.20 Å². The summed E-state index contributed by atoms with van der Waals surface area (Å²) in [5.74, 6) is 0.958. The van der Waals surface area contributed by atoms with Gasteiger partial charge in [0.15, 0.2) is 5.82 Å². The molecule has 2 heterocycles. The molecule has 0 N–H and O–H groups in total. The van der Waals surface area contributed by atoms with Gasteiger partial charge >= 0.3 is 5.97 Å². The number of hydrogen-bond donors (Lipinski definition) is 0. The van der Waals surface area contributed by atoms with Crippen LogP contribution in [0.5, 0.6) is 0 Å². The maximum absolute atomic E-state index is 11.2. The minimum Gasteiger partial charge on any atom is -0.469 e. The number of rotatable bonds is 5. The molecule has 0 amide bonds. The third kappa shape index (κ3) is 2.89. The molecular weight excluding hydrogens is 256 g/mol. The van der Waals surface area contributed by atoms with E-state index in [1.807, 2.05) is 28.7 Å². The first kappa shape index (κ1) is 14.3. The molecule has 0 bridgehead atoms. The van der Waals surface area contributed by atoms with Gasteiger partial charge in [-0.3, -0.25) is 4.79 Å². The predicted molar refractivity (Wildman–Crippen MR) is 77.0 cm³/mol. The molecule has 0 aromatic carbocycles. The van der Waals surface area contributed by atoms with Crippen molar-refractivity contribution in [3.8, 4) is 0 Å². The zero-order valence-electron chi connectivity index (χ0n) is 12.3. The van der Waals surface area contributed by atoms with Crippen LogP contribution in [0.25, 0.3) is 5.52 Å². The Morgan fingerprint density at radius 2 is 2.25 bits per heavy atom. The van der Waals surface area contributed by atoms with E-state index >= 15 is 0 Å². The first-order valence-corrected chi connectivity index (χ1v) is 6.65. The molecule has 0 aliphatic rings. The summed E-state index contributed by atoms with van der Waals surface area (Å²) in [4.78, 5) is 17.6. The van der Waals surface area contributed by atoms with Crippen LogP contribution in [0.2, 0.25) is 0 Å². The summed E-state index contributed by atoms with van der Waals surface area (Å²) in [6, 6.07) is 2.04. The van der Waals surface area contributed by atoms with E-state index in [0.717, 1.165) is 17.0 Å². The third-order valence-corrected chi connectivity index (χ3v) is 3.22. The molecule has 0 fully saturated rings. The lowest BCUT2D eigenvalue weighted by atomic mass is 10.1. The number of ether oxygens (including phenoxy) is 1. The highest BCUT2D eigenvalue weighted by Crippen LogP contribution is 2.22. The summed E-state index contributed by atoms with van der Waals surface area (Å²) in [5, 5.41) is 4.53. The fourth-order valence-electron chi connectivity index (χ4n) is 1.97. The Balaban J connectivity index is 2.26. The second-order valence-electron chi connectivity index (χ2n) is 5.05. The number of methoxy groups -OCH3 is 1. The normalized spacial score (nSPS) is 11.1. The standard InChI is InChI=1S/C14H20N4O2/c1-10(2)11-9-12-14(15-6-8-18(12)16-11)17(3)7-5-13(19)20-4/h6,8-10H,5,7H2,1-4H3. The van der Waals surface area contributed by atoms with Crippen molar-refractivity contribution in [1.29, 1.82) is 0 Å². The zero-order chi connectivity index (χ0) is 14.7. The van der Waals surface area contributed by atoms with Crippen molar-refractivity contribution < 1.29 is 9.53 Å². The number of nitrogens with zero attached hydrogens (tertiary/aromatic N) is 4. The van der Waals surface area contributed by atoms with Gasteiger partial charge < -0.3 is 9.64 Å². The highest BCUT2D eigenvalue weighted by molar-refractivity contribution is 5.72. The average Bonchev–Trinajstić information content (AvgIpc) is 2.88. The Kier molecular flexibility index (Phi) is 4.22. The van der Waals surface area contributed by atoms with Crippen LogP contribution in [0, 0.1) is 0 Å². The van der Waals surface area contributed by atoms with Gasteiger partial charge in [-0.25, -0.2) is 9.50 Å². The number of carbonyl (C=O) groups excluding carboxylic acids is 1. The van der Waals surface area contributed by atoms with E-state index in [2.05, 4.69) is 28.7 Å². The van der Waals surface area contributed by atoms with Gasteiger partial charge in [0.25, 0.3) is 0 Å². The molecule has 0 saturated carbocycles. The van der Waals surface area contributed by atoms with Gasteiger partial charge in [-0.1, -0.05) is 13.8 Å². The lowest BCUT2D eigenvalue weighted by molar-refractivity contribution is -0.140. The average molecular weight is 276 g/mol. The van der Waals surface area contributed by atoms with Crippen molar-refractivity contribution in [3.05, 3.63) is 24.2 Å². The summed E-state index contributed by atoms with van der Waals surface area (Å²) in [7, 11) is 3.31. The summed E-state index contributed by atoms with van der Waals surface area (Å²) in [5.41, 5.74) is 1.98. The molecule has 6 nitrogen and oxygen atoms in total. The Morgan fingerprint density at radius 1 is 1.50 bits per heavy atom. The van der Waals surface area contributed by atoms with E-state index in [1.165, 1.54) is 7.11 Å². The van der Waals surface area contributed by atoms with Gasteiger partial charge in [-0.2, -0.15) is 5.10 Å². The van der Waals surface area contributed by atoms with Crippen LogP contribution in [-0.2, 0) is 9.53 Å². The van der Waals surface area contributed by atoms with Crippen molar-refractivity contribution in [1.82, 2.24) is 14.6 Å². The summed E-state index contributed by atoms with van der Waals surface area (Å²) < 4.78 is 6.48. The number of carbonyl (C=O) groups is 1. The van der Waals surface area contributed by atoms with E-state index in [4.69, 9.17) is 0 Å². The van der Waals surface area contributed by atoms with Crippen LogP contribution in [0.4, 0.5) is 5.82 Å². The molecule has 108 valence electrons. The molecule has 6 heteroatoms. The molecule has 0 spiro atoms. The number of fused-ring (bicyclic) bond motifs is 1. The van der Waals surface area contributed by atoms with Gasteiger partial charge in [0.1, 0.15) is 5.52 Å². The largest absolute Gasteiger partial charge is 0.469 e. The fraction of sp³-hybridized carbons (Fsp3) is 0.500. The van der Waals surface area contributed by atoms with E-state index in [-0.39, 0.29) is 5.97 Å². The van der Waals surface area contributed by atoms with Crippen LogP contribution < -0.4 is 4.90 Å². The van der Waals surface area contributed by atoms with Crippen LogP contribution in [0.15, 0.2) is 18.5 Å². The maximum Gasteiger partial charge on any atom is 0.307 e. The molecule has 2 aromatic heterocycles. The van der Waals surface area contributed by atoms with Gasteiger partial charge in [-0.05, 0) is 12.0 Å². The van der Waals surface area contributed by atoms with E-state index in [0.29, 0.717) is 18.9 Å². The smallest absolute Gasteiger partial charge is 0.307 e. The molecule has 0 atom stereocenters. The van der Waals surface area contributed by atoms with Crippen molar-refractivity contribution in [2.45, 2.75) is 26.2 Å². The quantitative estimate of drug-likeness (QED) is 0.780. The molecule has 0 aliphatic carbocycles. The molecule has 0 saturated heterocycles. The number of anilines is 1. The van der Waals surface area contributed by atoms with Crippen LogP contribution >= 0.6 is 0 Å². The Bertz CT molecular complexity index is 606. The van der Waals surface area contributed by atoms with Crippen LogP contribution in [-0.4, -0.2) is 41.3 Å². The maximum atomic E-state index is 11.2.